The number of rotatable bonds is 6. The van der Waals surface area contributed by atoms with Gasteiger partial charge < -0.3 is 16.0 Å². The Morgan fingerprint density at radius 1 is 1.43 bits per heavy atom. The SMILES string of the molecule is C=C/C=C(\C=C)CCNC1NC(=NC)C2=C(NCCC23C=C3)N1. The normalized spacial score (nSPS) is 26.2. The maximum Gasteiger partial charge on any atom is 0.155 e. The number of allylic oxidation sites excluding steroid dienone is 5. The van der Waals surface area contributed by atoms with Crippen LogP contribution in [-0.2, 0) is 0 Å². The number of amidine groups is 1. The average Bonchev–Trinajstić information content (AvgIpc) is 3.33. The van der Waals surface area contributed by atoms with Crippen LogP contribution in [0.2, 0.25) is 0 Å². The van der Waals surface area contributed by atoms with Crippen molar-refractivity contribution in [2.45, 2.75) is 19.1 Å². The summed E-state index contributed by atoms with van der Waals surface area (Å²) < 4.78 is 0. The standard InChI is InChI=1S/C18H25N5/c1-4-6-13(5-2)7-11-21-17-22-15(19-3)14-16(23-17)20-12-10-18(14)8-9-18/h4-6,8-9,17,20-21,23H,1-2,7,10-12H2,3H3,(H,19,22)/b13-6+. The molecule has 0 aromatic rings. The third-order valence-corrected chi connectivity index (χ3v) is 4.51. The first-order valence-electron chi connectivity index (χ1n) is 8.09. The van der Waals surface area contributed by atoms with Gasteiger partial charge in [-0.2, -0.15) is 0 Å². The fourth-order valence-corrected chi connectivity index (χ4v) is 3.17. The second-order valence-corrected chi connectivity index (χ2v) is 5.98. The fourth-order valence-electron chi connectivity index (χ4n) is 3.17. The molecule has 0 saturated carbocycles. The minimum Gasteiger partial charge on any atom is -0.371 e. The molecule has 0 aromatic heterocycles. The maximum atomic E-state index is 4.45. The fraction of sp³-hybridized carbons (Fsp3) is 0.389. The molecule has 2 heterocycles. The summed E-state index contributed by atoms with van der Waals surface area (Å²) in [7, 11) is 1.84. The third-order valence-electron chi connectivity index (χ3n) is 4.51. The average molecular weight is 311 g/mol. The van der Waals surface area contributed by atoms with E-state index in [9.17, 15) is 0 Å². The van der Waals surface area contributed by atoms with E-state index < -0.39 is 0 Å². The second kappa shape index (κ2) is 6.46. The van der Waals surface area contributed by atoms with Crippen LogP contribution in [0.15, 0.2) is 65.5 Å². The molecule has 0 aromatic carbocycles. The lowest BCUT2D eigenvalue weighted by molar-refractivity contribution is 0.384. The molecule has 5 nitrogen and oxygen atoms in total. The molecule has 1 unspecified atom stereocenters. The van der Waals surface area contributed by atoms with Gasteiger partial charge in [-0.3, -0.25) is 10.3 Å². The van der Waals surface area contributed by atoms with Gasteiger partial charge in [0.2, 0.25) is 0 Å². The van der Waals surface area contributed by atoms with Gasteiger partial charge in [-0.15, -0.1) is 0 Å². The minimum atomic E-state index is -0.0383. The van der Waals surface area contributed by atoms with Crippen molar-refractivity contribution in [2.24, 2.45) is 10.4 Å². The number of aliphatic imine (C=N–C) groups is 1. The molecule has 1 spiro atoms. The molecule has 122 valence electrons. The van der Waals surface area contributed by atoms with Gasteiger partial charge in [0.15, 0.2) is 6.29 Å². The van der Waals surface area contributed by atoms with Crippen molar-refractivity contribution in [3.05, 3.63) is 60.5 Å². The summed E-state index contributed by atoms with van der Waals surface area (Å²) >= 11 is 0. The summed E-state index contributed by atoms with van der Waals surface area (Å²) in [5.74, 6) is 2.04. The summed E-state index contributed by atoms with van der Waals surface area (Å²) in [5.41, 5.74) is 2.52. The van der Waals surface area contributed by atoms with Crippen LogP contribution in [-0.4, -0.2) is 32.3 Å². The first-order valence-corrected chi connectivity index (χ1v) is 8.09. The molecule has 1 atom stereocenters. The van der Waals surface area contributed by atoms with Gasteiger partial charge in [0.25, 0.3) is 0 Å². The topological polar surface area (TPSA) is 60.5 Å². The Hall–Kier alpha value is -2.27. The van der Waals surface area contributed by atoms with E-state index >= 15 is 0 Å². The number of fused-ring (bicyclic) bond motifs is 1. The van der Waals surface area contributed by atoms with Crippen LogP contribution in [0, 0.1) is 5.41 Å². The van der Waals surface area contributed by atoms with Crippen molar-refractivity contribution in [1.82, 2.24) is 21.3 Å². The summed E-state index contributed by atoms with van der Waals surface area (Å²) in [6.07, 6.45) is 12.1. The monoisotopic (exact) mass is 311 g/mol. The lowest BCUT2D eigenvalue weighted by Crippen LogP contribution is -2.62. The maximum absolute atomic E-state index is 4.45. The predicted molar refractivity (Wildman–Crippen MR) is 95.7 cm³/mol. The molecule has 1 aliphatic carbocycles. The largest absolute Gasteiger partial charge is 0.371 e. The van der Waals surface area contributed by atoms with E-state index in [4.69, 9.17) is 0 Å². The molecule has 5 heteroatoms. The molecule has 0 amide bonds. The molecule has 0 fully saturated rings. The molecule has 23 heavy (non-hydrogen) atoms. The van der Waals surface area contributed by atoms with E-state index in [0.29, 0.717) is 0 Å². The molecule has 3 aliphatic rings. The highest BCUT2D eigenvalue weighted by atomic mass is 15.4. The Bertz CT molecular complexity index is 617. The summed E-state index contributed by atoms with van der Waals surface area (Å²) in [5, 5.41) is 13.9. The first kappa shape index (κ1) is 15.6. The molecule has 2 aliphatic heterocycles. The van der Waals surface area contributed by atoms with Crippen LogP contribution in [0.4, 0.5) is 0 Å². The lowest BCUT2D eigenvalue weighted by atomic mass is 9.85. The van der Waals surface area contributed by atoms with Crippen LogP contribution in [0.3, 0.4) is 0 Å². The van der Waals surface area contributed by atoms with Gasteiger partial charge in [0.1, 0.15) is 11.7 Å². The summed E-state index contributed by atoms with van der Waals surface area (Å²) in [6, 6.07) is 0. The van der Waals surface area contributed by atoms with Crippen molar-refractivity contribution in [2.75, 3.05) is 20.1 Å². The van der Waals surface area contributed by atoms with E-state index in [1.165, 1.54) is 11.1 Å². The zero-order chi connectivity index (χ0) is 16.3. The van der Waals surface area contributed by atoms with Gasteiger partial charge in [0, 0.05) is 31.1 Å². The van der Waals surface area contributed by atoms with E-state index in [0.717, 1.165) is 37.6 Å². The number of hydrogen-bond donors (Lipinski definition) is 4. The number of nitrogens with zero attached hydrogens (tertiary/aromatic N) is 1. The molecule has 0 radical (unpaired) electrons. The van der Waals surface area contributed by atoms with E-state index in [-0.39, 0.29) is 11.7 Å². The third kappa shape index (κ3) is 3.10. The second-order valence-electron chi connectivity index (χ2n) is 5.98. The van der Waals surface area contributed by atoms with Crippen molar-refractivity contribution in [3.63, 3.8) is 0 Å². The Balaban J connectivity index is 1.64. The molecular weight excluding hydrogens is 286 g/mol. The lowest BCUT2D eigenvalue weighted by Gasteiger charge is -2.39. The highest BCUT2D eigenvalue weighted by molar-refractivity contribution is 6.02. The van der Waals surface area contributed by atoms with Crippen LogP contribution < -0.4 is 21.3 Å². The van der Waals surface area contributed by atoms with Crippen molar-refractivity contribution in [1.29, 1.82) is 0 Å². The quantitative estimate of drug-likeness (QED) is 0.444. The number of nitrogens with one attached hydrogen (secondary N) is 4. The van der Waals surface area contributed by atoms with Gasteiger partial charge in [-0.1, -0.05) is 43.5 Å². The van der Waals surface area contributed by atoms with Crippen LogP contribution in [0.25, 0.3) is 0 Å². The van der Waals surface area contributed by atoms with Crippen LogP contribution >= 0.6 is 0 Å². The van der Waals surface area contributed by atoms with Gasteiger partial charge in [-0.05, 0) is 18.4 Å². The molecule has 0 bridgehead atoms. The predicted octanol–water partition coefficient (Wildman–Crippen LogP) is 1.53. The molecular formula is C18H25N5. The van der Waals surface area contributed by atoms with Crippen LogP contribution in [0.1, 0.15) is 12.8 Å². The van der Waals surface area contributed by atoms with E-state index in [2.05, 4.69) is 51.6 Å². The Kier molecular flexibility index (Phi) is 4.39. The number of hydrogen-bond acceptors (Lipinski definition) is 4. The molecule has 4 N–H and O–H groups in total. The molecule has 3 rings (SSSR count). The zero-order valence-corrected chi connectivity index (χ0v) is 13.7. The minimum absolute atomic E-state index is 0.0383. The van der Waals surface area contributed by atoms with Gasteiger partial charge in [-0.25, -0.2) is 0 Å². The highest BCUT2D eigenvalue weighted by Gasteiger charge is 2.46. The Morgan fingerprint density at radius 3 is 2.91 bits per heavy atom. The van der Waals surface area contributed by atoms with E-state index in [1.807, 2.05) is 19.2 Å². The van der Waals surface area contributed by atoms with E-state index in [1.54, 1.807) is 6.08 Å². The highest BCUT2D eigenvalue weighted by Crippen LogP contribution is 2.48. The Morgan fingerprint density at radius 2 is 2.26 bits per heavy atom. The first-order chi connectivity index (χ1) is 11.2. The Labute approximate surface area is 138 Å². The van der Waals surface area contributed by atoms with Crippen LogP contribution in [0.5, 0.6) is 0 Å². The smallest absolute Gasteiger partial charge is 0.155 e. The summed E-state index contributed by atoms with van der Waals surface area (Å²) in [6.45, 7) is 9.37. The van der Waals surface area contributed by atoms with Crippen molar-refractivity contribution >= 4 is 5.84 Å². The summed E-state index contributed by atoms with van der Waals surface area (Å²) in [4.78, 5) is 4.45. The zero-order valence-electron chi connectivity index (χ0n) is 13.7. The van der Waals surface area contributed by atoms with Crippen molar-refractivity contribution < 1.29 is 0 Å². The molecule has 0 saturated heterocycles. The van der Waals surface area contributed by atoms with Gasteiger partial charge >= 0.3 is 0 Å². The van der Waals surface area contributed by atoms with Gasteiger partial charge in [0.05, 0.1) is 0 Å². The van der Waals surface area contributed by atoms with Crippen molar-refractivity contribution in [3.8, 4) is 0 Å².